The van der Waals surface area contributed by atoms with Crippen molar-refractivity contribution in [1.82, 2.24) is 0 Å². The van der Waals surface area contributed by atoms with E-state index in [4.69, 9.17) is 9.07 Å². The Balaban J connectivity index is 3.24. The summed E-state index contributed by atoms with van der Waals surface area (Å²) >= 11 is -1.12. The fraction of sp³-hybridized carbons (Fsp3) is 0.143. The summed E-state index contributed by atoms with van der Waals surface area (Å²) in [4.78, 5) is 0. The summed E-state index contributed by atoms with van der Waals surface area (Å²) in [5.74, 6) is -0.764. The van der Waals surface area contributed by atoms with Crippen LogP contribution in [0.25, 0.3) is 0 Å². The number of halogens is 3. The summed E-state index contributed by atoms with van der Waals surface area (Å²) in [5, 5.41) is 0. The zero-order valence-electron chi connectivity index (χ0n) is 6.00. The highest BCUT2D eigenvalue weighted by molar-refractivity contribution is 7.01. The number of aryl methyl sites for hydroxylation is 1. The van der Waals surface area contributed by atoms with Crippen molar-refractivity contribution in [3.8, 4) is 0 Å². The number of hydrogen-bond donors (Lipinski definition) is 0. The molecule has 1 aromatic carbocycles. The van der Waals surface area contributed by atoms with Crippen LogP contribution >= 0.6 is 9.07 Å². The van der Waals surface area contributed by atoms with Gasteiger partial charge in [0.2, 0.25) is 0 Å². The monoisotopic (exact) mass is 186 g/mol. The van der Waals surface area contributed by atoms with E-state index in [-0.39, 0.29) is 5.82 Å². The van der Waals surface area contributed by atoms with Gasteiger partial charge in [-0.1, -0.05) is 0 Å². The van der Waals surface area contributed by atoms with Gasteiger partial charge in [-0.15, -0.1) is 3.69 Å². The predicted molar refractivity (Wildman–Crippen MR) is 42.3 cm³/mol. The number of benzene rings is 1. The van der Waals surface area contributed by atoms with E-state index in [1.807, 2.05) is 0 Å². The third-order valence-corrected chi connectivity index (χ3v) is 3.10. The first-order chi connectivity index (χ1) is 5.15. The van der Waals surface area contributed by atoms with Crippen LogP contribution in [0.4, 0.5) is 8.78 Å². The van der Waals surface area contributed by atoms with Gasteiger partial charge >= 0.3 is 19.3 Å². The normalized spacial score (nSPS) is 9.45. The molecule has 0 aliphatic rings. The van der Waals surface area contributed by atoms with Crippen molar-refractivity contribution in [3.05, 3.63) is 29.3 Å². The van der Waals surface area contributed by atoms with E-state index in [1.54, 1.807) is 0 Å². The van der Waals surface area contributed by atoms with Gasteiger partial charge in [0.15, 0.2) is 0 Å². The Morgan fingerprint density at radius 3 is 2.55 bits per heavy atom. The Bertz CT molecular complexity index is 275. The summed E-state index contributed by atoms with van der Waals surface area (Å²) < 4.78 is 25.9. The first kappa shape index (κ1) is 9.23. The van der Waals surface area contributed by atoms with Gasteiger partial charge in [0.05, 0.1) is 0 Å². The molecular weight excluding hydrogens is 182 g/mol. The van der Waals surface area contributed by atoms with E-state index in [0.29, 0.717) is 9.26 Å². The van der Waals surface area contributed by atoms with E-state index in [0.717, 1.165) is 0 Å². The van der Waals surface area contributed by atoms with E-state index in [2.05, 4.69) is 0 Å². The van der Waals surface area contributed by atoms with Crippen LogP contribution in [0, 0.1) is 18.6 Å². The molecule has 4 heteroatoms. The van der Waals surface area contributed by atoms with Gasteiger partial charge in [0, 0.05) is 0 Å². The van der Waals surface area contributed by atoms with Crippen molar-refractivity contribution >= 4 is 32.0 Å². The molecular formula is C7H5ClF2Mg. The molecule has 1 rings (SSSR count). The Hall–Kier alpha value is 0.136. The van der Waals surface area contributed by atoms with E-state index >= 15 is 0 Å². The van der Waals surface area contributed by atoms with E-state index in [9.17, 15) is 8.78 Å². The van der Waals surface area contributed by atoms with Crippen molar-refractivity contribution in [2.45, 2.75) is 6.92 Å². The molecule has 0 radical (unpaired) electrons. The van der Waals surface area contributed by atoms with Crippen LogP contribution < -0.4 is 3.69 Å². The molecule has 0 nitrogen and oxygen atoms in total. The minimum Gasteiger partial charge on any atom is -0.335 e. The fourth-order valence-corrected chi connectivity index (χ4v) is 2.14. The molecule has 0 saturated heterocycles. The Kier molecular flexibility index (Phi) is 3.10. The lowest BCUT2D eigenvalue weighted by Gasteiger charge is -2.01. The molecule has 0 saturated carbocycles. The maximum absolute atomic E-state index is 13.0. The second-order valence-electron chi connectivity index (χ2n) is 2.33. The van der Waals surface area contributed by atoms with Crippen LogP contribution in [0.15, 0.2) is 12.1 Å². The smallest absolute Gasteiger partial charge is 0.335 e. The lowest BCUT2D eigenvalue weighted by atomic mass is 10.2. The summed E-state index contributed by atoms with van der Waals surface area (Å²) in [5.41, 5.74) is 0.327. The van der Waals surface area contributed by atoms with Gasteiger partial charge in [-0.25, -0.2) is 8.78 Å². The molecule has 0 aromatic heterocycles. The van der Waals surface area contributed by atoms with Gasteiger partial charge in [0.25, 0.3) is 0 Å². The number of hydrogen-bond acceptors (Lipinski definition) is 0. The Labute approximate surface area is 77.1 Å². The predicted octanol–water partition coefficient (Wildman–Crippen LogP) is 1.76. The van der Waals surface area contributed by atoms with Gasteiger partial charge in [0.1, 0.15) is 11.6 Å². The van der Waals surface area contributed by atoms with Crippen molar-refractivity contribution in [3.63, 3.8) is 0 Å². The molecule has 0 unspecified atom stereocenters. The highest BCUT2D eigenvalue weighted by Crippen LogP contribution is 2.05. The molecule has 0 bridgehead atoms. The van der Waals surface area contributed by atoms with E-state index in [1.165, 1.54) is 19.1 Å². The van der Waals surface area contributed by atoms with Crippen LogP contribution in [-0.4, -0.2) is 19.3 Å². The highest BCUT2D eigenvalue weighted by atomic mass is 35.5. The average molecular weight is 187 g/mol. The molecule has 11 heavy (non-hydrogen) atoms. The quantitative estimate of drug-likeness (QED) is 0.587. The molecule has 0 amide bonds. The summed E-state index contributed by atoms with van der Waals surface area (Å²) in [6.45, 7) is 1.53. The Morgan fingerprint density at radius 1 is 1.36 bits per heavy atom. The maximum atomic E-state index is 13.0. The highest BCUT2D eigenvalue weighted by Gasteiger charge is 2.08. The largest absolute Gasteiger partial charge is 0.542 e. The average Bonchev–Trinajstić information content (AvgIpc) is 1.96. The minimum atomic E-state index is -1.12. The van der Waals surface area contributed by atoms with Crippen LogP contribution in [0.1, 0.15) is 5.56 Å². The topological polar surface area (TPSA) is 0 Å². The third-order valence-electron chi connectivity index (χ3n) is 1.44. The second kappa shape index (κ2) is 3.69. The van der Waals surface area contributed by atoms with Crippen LogP contribution in [0.2, 0.25) is 0 Å². The molecule has 0 fully saturated rings. The first-order valence-corrected chi connectivity index (χ1v) is 6.00. The van der Waals surface area contributed by atoms with E-state index < -0.39 is 25.1 Å². The van der Waals surface area contributed by atoms with Crippen LogP contribution in [0.3, 0.4) is 0 Å². The van der Waals surface area contributed by atoms with Gasteiger partial charge in [-0.2, -0.15) is 0 Å². The summed E-state index contributed by atoms with van der Waals surface area (Å²) in [6.07, 6.45) is 0. The van der Waals surface area contributed by atoms with Crippen molar-refractivity contribution < 1.29 is 8.78 Å². The Morgan fingerprint density at radius 2 is 2.00 bits per heavy atom. The van der Waals surface area contributed by atoms with Gasteiger partial charge in [-0.3, -0.25) is 0 Å². The zero-order chi connectivity index (χ0) is 8.43. The van der Waals surface area contributed by atoms with Crippen LogP contribution in [0.5, 0.6) is 0 Å². The van der Waals surface area contributed by atoms with Gasteiger partial charge in [-0.05, 0) is 24.6 Å². The third kappa shape index (κ3) is 2.04. The molecule has 0 N–H and O–H groups in total. The lowest BCUT2D eigenvalue weighted by Crippen LogP contribution is -2.16. The zero-order valence-corrected chi connectivity index (χ0v) is 8.17. The number of rotatable bonds is 1. The van der Waals surface area contributed by atoms with Crippen molar-refractivity contribution in [2.75, 3.05) is 0 Å². The summed E-state index contributed by atoms with van der Waals surface area (Å²) in [7, 11) is 5.51. The van der Waals surface area contributed by atoms with Crippen molar-refractivity contribution in [1.29, 1.82) is 0 Å². The molecule has 1 aromatic rings. The van der Waals surface area contributed by atoms with Gasteiger partial charge < -0.3 is 9.07 Å². The molecule has 0 aliphatic carbocycles. The maximum Gasteiger partial charge on any atom is 0.542 e. The van der Waals surface area contributed by atoms with Crippen molar-refractivity contribution in [2.24, 2.45) is 0 Å². The SMILES string of the molecule is Cc1cc(F)c[c]([Mg][Cl])c1F. The molecule has 0 aliphatic heterocycles. The molecule has 56 valence electrons. The first-order valence-electron chi connectivity index (χ1n) is 3.15. The second-order valence-corrected chi connectivity index (χ2v) is 4.16. The molecule has 0 atom stereocenters. The summed E-state index contributed by atoms with van der Waals surface area (Å²) in [6, 6.07) is 2.33. The fourth-order valence-electron chi connectivity index (χ4n) is 0.892. The molecule has 0 heterocycles. The van der Waals surface area contributed by atoms with Crippen LogP contribution in [-0.2, 0) is 0 Å². The lowest BCUT2D eigenvalue weighted by molar-refractivity contribution is 0.599. The minimum absolute atomic E-state index is 0.327. The standard InChI is InChI=1S/C7H5F2.ClH.Mg/c1-5-4-6(8)2-3-7(5)9;;/h2,4H,1H3;1H;/q;;+1/p-1. The molecule has 0 spiro atoms.